The van der Waals surface area contributed by atoms with Gasteiger partial charge in [0.25, 0.3) is 5.91 Å². The molecule has 0 fully saturated rings. The van der Waals surface area contributed by atoms with Crippen LogP contribution < -0.4 is 0 Å². The van der Waals surface area contributed by atoms with E-state index in [9.17, 15) is 9.59 Å². The van der Waals surface area contributed by atoms with Crippen molar-refractivity contribution in [1.82, 2.24) is 9.88 Å². The Bertz CT molecular complexity index is 456. The zero-order valence-electron chi connectivity index (χ0n) is 11.7. The molecule has 0 bridgehead atoms. The number of amides is 1. The number of carbonyl (C=O) groups is 2. The summed E-state index contributed by atoms with van der Waals surface area (Å²) in [5.74, 6) is -1.05. The highest BCUT2D eigenvalue weighted by Gasteiger charge is 2.25. The molecule has 1 aromatic rings. The monoisotopic (exact) mass is 284 g/mol. The fraction of sp³-hybridized carbons (Fsp3) is 0.615. The lowest BCUT2D eigenvalue weighted by Crippen LogP contribution is -2.42. The molecule has 6 heteroatoms. The molecule has 0 aliphatic heterocycles. The zero-order chi connectivity index (χ0) is 14.6. The summed E-state index contributed by atoms with van der Waals surface area (Å²) in [5.41, 5.74) is 0.343. The van der Waals surface area contributed by atoms with Crippen LogP contribution in [-0.4, -0.2) is 39.5 Å². The first-order valence-electron chi connectivity index (χ1n) is 6.35. The number of hydrogen-bond donors (Lipinski definition) is 1. The van der Waals surface area contributed by atoms with E-state index in [2.05, 4.69) is 4.98 Å². The Morgan fingerprint density at radius 3 is 2.47 bits per heavy atom. The van der Waals surface area contributed by atoms with Gasteiger partial charge in [-0.1, -0.05) is 20.8 Å². The fourth-order valence-corrected chi connectivity index (χ4v) is 2.40. The average Bonchev–Trinajstić information content (AvgIpc) is 2.83. The van der Waals surface area contributed by atoms with Crippen LogP contribution >= 0.6 is 11.3 Å². The molecule has 0 aromatic carbocycles. The van der Waals surface area contributed by atoms with Crippen molar-refractivity contribution in [1.29, 1.82) is 0 Å². The van der Waals surface area contributed by atoms with E-state index in [1.54, 1.807) is 5.38 Å². The van der Waals surface area contributed by atoms with Crippen molar-refractivity contribution in [2.75, 3.05) is 6.54 Å². The van der Waals surface area contributed by atoms with Crippen molar-refractivity contribution in [3.63, 3.8) is 0 Å². The third-order valence-electron chi connectivity index (χ3n) is 2.92. The third kappa shape index (κ3) is 4.02. The van der Waals surface area contributed by atoms with Crippen LogP contribution in [0.15, 0.2) is 5.38 Å². The molecule has 1 rings (SSSR count). The predicted molar refractivity (Wildman–Crippen MR) is 74.6 cm³/mol. The molecule has 5 nitrogen and oxygen atoms in total. The summed E-state index contributed by atoms with van der Waals surface area (Å²) in [7, 11) is 0. The molecule has 0 saturated carbocycles. The minimum absolute atomic E-state index is 0.118. The van der Waals surface area contributed by atoms with Gasteiger partial charge < -0.3 is 10.0 Å². The molecule has 1 N–H and O–H groups in total. The number of hydrogen-bond acceptors (Lipinski definition) is 4. The van der Waals surface area contributed by atoms with Crippen molar-refractivity contribution in [2.24, 2.45) is 0 Å². The standard InChI is InChI=1S/C13H20N2O3S/c1-5-9(4)15(6-11(16)17)13(18)10-7-19-12(14-10)8(2)3/h7-9H,5-6H2,1-4H3,(H,16,17). The maximum atomic E-state index is 12.3. The minimum Gasteiger partial charge on any atom is -0.480 e. The van der Waals surface area contributed by atoms with Crippen molar-refractivity contribution < 1.29 is 14.7 Å². The first kappa shape index (κ1) is 15.6. The molecule has 19 heavy (non-hydrogen) atoms. The van der Waals surface area contributed by atoms with E-state index in [1.807, 2.05) is 27.7 Å². The molecule has 0 spiro atoms. The first-order chi connectivity index (χ1) is 8.86. The van der Waals surface area contributed by atoms with Gasteiger partial charge in [0.1, 0.15) is 12.2 Å². The Hall–Kier alpha value is -1.43. The normalized spacial score (nSPS) is 12.5. The van der Waals surface area contributed by atoms with Gasteiger partial charge in [-0.15, -0.1) is 11.3 Å². The molecule has 106 valence electrons. The highest BCUT2D eigenvalue weighted by molar-refractivity contribution is 7.09. The summed E-state index contributed by atoms with van der Waals surface area (Å²) in [5, 5.41) is 11.5. The summed E-state index contributed by atoms with van der Waals surface area (Å²) in [4.78, 5) is 28.8. The molecule has 1 heterocycles. The maximum Gasteiger partial charge on any atom is 0.323 e. The van der Waals surface area contributed by atoms with Crippen LogP contribution in [0, 0.1) is 0 Å². The Morgan fingerprint density at radius 2 is 2.05 bits per heavy atom. The number of nitrogens with zero attached hydrogens (tertiary/aromatic N) is 2. The highest BCUT2D eigenvalue weighted by atomic mass is 32.1. The zero-order valence-corrected chi connectivity index (χ0v) is 12.5. The lowest BCUT2D eigenvalue weighted by molar-refractivity contribution is -0.138. The number of aromatic nitrogens is 1. The predicted octanol–water partition coefficient (Wildman–Crippen LogP) is 2.59. The van der Waals surface area contributed by atoms with Crippen LogP contribution in [0.1, 0.15) is 55.5 Å². The van der Waals surface area contributed by atoms with Gasteiger partial charge in [-0.2, -0.15) is 0 Å². The molecule has 1 aromatic heterocycles. The molecular weight excluding hydrogens is 264 g/mol. The fourth-order valence-electron chi connectivity index (χ4n) is 1.59. The number of carboxylic acid groups (broad SMARTS) is 1. The van der Waals surface area contributed by atoms with Crippen LogP contribution in [-0.2, 0) is 4.79 Å². The molecule has 0 aliphatic carbocycles. The summed E-state index contributed by atoms with van der Waals surface area (Å²) < 4.78 is 0. The second-order valence-corrected chi connectivity index (χ2v) is 5.70. The van der Waals surface area contributed by atoms with Crippen molar-refractivity contribution in [2.45, 2.75) is 46.1 Å². The number of rotatable bonds is 6. The SMILES string of the molecule is CCC(C)N(CC(=O)O)C(=O)c1csc(C(C)C)n1. The highest BCUT2D eigenvalue weighted by Crippen LogP contribution is 2.20. The maximum absolute atomic E-state index is 12.3. The molecule has 1 unspecified atom stereocenters. The second-order valence-electron chi connectivity index (χ2n) is 4.81. The third-order valence-corrected chi connectivity index (χ3v) is 4.07. The van der Waals surface area contributed by atoms with Crippen molar-refractivity contribution in [3.05, 3.63) is 16.1 Å². The lowest BCUT2D eigenvalue weighted by atomic mass is 10.2. The van der Waals surface area contributed by atoms with Crippen LogP contribution in [0.25, 0.3) is 0 Å². The van der Waals surface area contributed by atoms with E-state index in [0.29, 0.717) is 12.1 Å². The first-order valence-corrected chi connectivity index (χ1v) is 7.22. The van der Waals surface area contributed by atoms with Gasteiger partial charge in [0.05, 0.1) is 5.01 Å². The lowest BCUT2D eigenvalue weighted by Gasteiger charge is -2.26. The summed E-state index contributed by atoms with van der Waals surface area (Å²) in [6.45, 7) is 7.50. The molecule has 1 amide bonds. The number of carbonyl (C=O) groups excluding carboxylic acids is 1. The van der Waals surface area contributed by atoms with Crippen LogP contribution in [0.5, 0.6) is 0 Å². The van der Waals surface area contributed by atoms with E-state index in [1.165, 1.54) is 16.2 Å². The molecule has 1 atom stereocenters. The van der Waals surface area contributed by atoms with Gasteiger partial charge in [0.15, 0.2) is 0 Å². The molecular formula is C13H20N2O3S. The van der Waals surface area contributed by atoms with Gasteiger partial charge in [-0.05, 0) is 13.3 Å². The Morgan fingerprint density at radius 1 is 1.42 bits per heavy atom. The number of carboxylic acids is 1. The van der Waals surface area contributed by atoms with Gasteiger partial charge >= 0.3 is 5.97 Å². The van der Waals surface area contributed by atoms with Crippen molar-refractivity contribution >= 4 is 23.2 Å². The quantitative estimate of drug-likeness (QED) is 0.871. The Balaban J connectivity index is 2.94. The molecule has 0 saturated heterocycles. The van der Waals surface area contributed by atoms with Crippen LogP contribution in [0.2, 0.25) is 0 Å². The number of thiazole rings is 1. The van der Waals surface area contributed by atoms with Crippen LogP contribution in [0.3, 0.4) is 0 Å². The van der Waals surface area contributed by atoms with E-state index < -0.39 is 5.97 Å². The van der Waals surface area contributed by atoms with E-state index >= 15 is 0 Å². The summed E-state index contributed by atoms with van der Waals surface area (Å²) in [6.07, 6.45) is 0.709. The van der Waals surface area contributed by atoms with Gasteiger partial charge in [0.2, 0.25) is 0 Å². The topological polar surface area (TPSA) is 70.5 Å². The molecule has 0 radical (unpaired) electrons. The van der Waals surface area contributed by atoms with E-state index in [4.69, 9.17) is 5.11 Å². The van der Waals surface area contributed by atoms with Gasteiger partial charge in [-0.25, -0.2) is 4.98 Å². The average molecular weight is 284 g/mol. The van der Waals surface area contributed by atoms with E-state index in [-0.39, 0.29) is 24.4 Å². The summed E-state index contributed by atoms with van der Waals surface area (Å²) >= 11 is 1.44. The van der Waals surface area contributed by atoms with Gasteiger partial charge in [0, 0.05) is 17.3 Å². The Labute approximate surface area is 117 Å². The minimum atomic E-state index is -1.01. The largest absolute Gasteiger partial charge is 0.480 e. The van der Waals surface area contributed by atoms with Crippen LogP contribution in [0.4, 0.5) is 0 Å². The van der Waals surface area contributed by atoms with E-state index in [0.717, 1.165) is 5.01 Å². The Kier molecular flexibility index (Phi) is 5.47. The van der Waals surface area contributed by atoms with Crippen molar-refractivity contribution in [3.8, 4) is 0 Å². The summed E-state index contributed by atoms with van der Waals surface area (Å²) in [6, 6.07) is -0.118. The van der Waals surface area contributed by atoms with Gasteiger partial charge in [-0.3, -0.25) is 9.59 Å². The number of aliphatic carboxylic acids is 1. The molecule has 0 aliphatic rings. The smallest absolute Gasteiger partial charge is 0.323 e. The second kappa shape index (κ2) is 6.65.